The molecule has 8 nitrogen and oxygen atoms in total. The van der Waals surface area contributed by atoms with Gasteiger partial charge in [0.15, 0.2) is 5.03 Å². The Morgan fingerprint density at radius 1 is 0.974 bits per heavy atom. The van der Waals surface area contributed by atoms with E-state index in [0.717, 1.165) is 12.0 Å². The number of aromatic nitrogens is 1. The van der Waals surface area contributed by atoms with Gasteiger partial charge in [-0.2, -0.15) is 8.42 Å². The molecule has 2 aliphatic rings. The minimum atomic E-state index is -4.17. The number of sulfonamides is 1. The van der Waals surface area contributed by atoms with Gasteiger partial charge in [-0.15, -0.1) is 0 Å². The molecule has 3 aromatic rings. The molecular formula is C30H36N4O4S. The fraction of sp³-hybridized carbons (Fsp3) is 0.400. The number of morpholine rings is 1. The minimum Gasteiger partial charge on any atom is -0.378 e. The average molecular weight is 549 g/mol. The van der Waals surface area contributed by atoms with Crippen LogP contribution in [0.3, 0.4) is 0 Å². The van der Waals surface area contributed by atoms with Crippen molar-refractivity contribution in [1.82, 2.24) is 14.6 Å². The van der Waals surface area contributed by atoms with Crippen LogP contribution in [0.15, 0.2) is 59.6 Å². The van der Waals surface area contributed by atoms with Crippen LogP contribution in [-0.4, -0.2) is 63.1 Å². The van der Waals surface area contributed by atoms with Gasteiger partial charge in [-0.3, -0.25) is 9.69 Å². The van der Waals surface area contributed by atoms with Gasteiger partial charge in [0.05, 0.1) is 19.3 Å². The van der Waals surface area contributed by atoms with Gasteiger partial charge >= 0.3 is 0 Å². The Bertz CT molecular complexity index is 1440. The van der Waals surface area contributed by atoms with Crippen molar-refractivity contribution in [2.75, 3.05) is 37.7 Å². The van der Waals surface area contributed by atoms with E-state index in [0.29, 0.717) is 51.6 Å². The number of ether oxygens (including phenoxy) is 1. The summed E-state index contributed by atoms with van der Waals surface area (Å²) in [4.78, 5) is 22.3. The monoisotopic (exact) mass is 548 g/mol. The van der Waals surface area contributed by atoms with E-state index in [1.807, 2.05) is 23.1 Å². The fourth-order valence-electron chi connectivity index (χ4n) is 5.64. The van der Waals surface area contributed by atoms with Gasteiger partial charge in [-0.1, -0.05) is 48.0 Å². The van der Waals surface area contributed by atoms with Crippen LogP contribution in [0, 0.1) is 20.8 Å². The molecule has 1 amide bonds. The maximum atomic E-state index is 13.8. The third kappa shape index (κ3) is 6.16. The summed E-state index contributed by atoms with van der Waals surface area (Å²) in [5.41, 5.74) is 6.98. The van der Waals surface area contributed by atoms with E-state index in [4.69, 9.17) is 4.74 Å². The summed E-state index contributed by atoms with van der Waals surface area (Å²) in [6, 6.07) is 16.6. The first-order valence-corrected chi connectivity index (χ1v) is 14.9. The van der Waals surface area contributed by atoms with E-state index in [-0.39, 0.29) is 5.03 Å². The number of benzene rings is 2. The summed E-state index contributed by atoms with van der Waals surface area (Å²) >= 11 is 0. The highest BCUT2D eigenvalue weighted by atomic mass is 32.2. The molecule has 9 heteroatoms. The number of pyridine rings is 1. The molecule has 1 N–H and O–H groups in total. The SMILES string of the molecule is Cc1cc(C)c(CN2CCc3ccccc3CC2C(=O)NS(=O)(=O)c2cccc(N3CCOCC3)n2)c(C)c1. The van der Waals surface area contributed by atoms with Gasteiger partial charge in [-0.05, 0) is 73.6 Å². The standard InChI is InChI=1S/C30H36N4O4S/c1-21-17-22(2)26(23(3)18-21)20-34-12-11-24-7-4-5-8-25(24)19-27(34)30(35)32-39(36,37)29-10-6-9-28(31-29)33-13-15-38-16-14-33/h4-10,17-18,27H,11-16,19-20H2,1-3H3,(H,32,35). The number of rotatable bonds is 6. The molecule has 1 saturated heterocycles. The fourth-order valence-corrected chi connectivity index (χ4v) is 6.62. The normalized spacial score (nSPS) is 18.3. The van der Waals surface area contributed by atoms with Gasteiger partial charge in [0.2, 0.25) is 0 Å². The van der Waals surface area contributed by atoms with Gasteiger partial charge < -0.3 is 9.64 Å². The zero-order chi connectivity index (χ0) is 27.6. The number of amides is 1. The van der Waals surface area contributed by atoms with Crippen LogP contribution in [0.2, 0.25) is 0 Å². The summed E-state index contributed by atoms with van der Waals surface area (Å²) in [5.74, 6) is 0.0247. The number of hydrogen-bond donors (Lipinski definition) is 1. The second kappa shape index (κ2) is 11.5. The van der Waals surface area contributed by atoms with Crippen molar-refractivity contribution in [3.63, 3.8) is 0 Å². The number of nitrogens with one attached hydrogen (secondary N) is 1. The molecule has 3 heterocycles. The van der Waals surface area contributed by atoms with Crippen molar-refractivity contribution in [3.05, 3.63) is 88.0 Å². The van der Waals surface area contributed by atoms with Crippen molar-refractivity contribution >= 4 is 21.7 Å². The molecule has 2 aromatic carbocycles. The van der Waals surface area contributed by atoms with Crippen LogP contribution in [0.25, 0.3) is 0 Å². The summed E-state index contributed by atoms with van der Waals surface area (Å²) in [6.45, 7) is 9.87. The number of hydrogen-bond acceptors (Lipinski definition) is 7. The number of aryl methyl sites for hydroxylation is 3. The highest BCUT2D eigenvalue weighted by molar-refractivity contribution is 7.90. The second-order valence-electron chi connectivity index (χ2n) is 10.5. The molecule has 1 fully saturated rings. The van der Waals surface area contributed by atoms with Crippen molar-refractivity contribution < 1.29 is 17.9 Å². The first-order chi connectivity index (χ1) is 18.7. The van der Waals surface area contributed by atoms with Gasteiger partial charge in [0.25, 0.3) is 15.9 Å². The Morgan fingerprint density at radius 2 is 1.67 bits per heavy atom. The number of carbonyl (C=O) groups is 1. The van der Waals surface area contributed by atoms with E-state index < -0.39 is 22.0 Å². The van der Waals surface area contributed by atoms with E-state index in [1.54, 1.807) is 12.1 Å². The van der Waals surface area contributed by atoms with Crippen molar-refractivity contribution in [3.8, 4) is 0 Å². The molecule has 0 bridgehead atoms. The lowest BCUT2D eigenvalue weighted by Crippen LogP contribution is -2.49. The molecule has 1 unspecified atom stereocenters. The molecule has 39 heavy (non-hydrogen) atoms. The molecule has 5 rings (SSSR count). The van der Waals surface area contributed by atoms with Crippen LogP contribution < -0.4 is 9.62 Å². The predicted octanol–water partition coefficient (Wildman–Crippen LogP) is 3.32. The van der Waals surface area contributed by atoms with Gasteiger partial charge in [-0.25, -0.2) is 9.71 Å². The third-order valence-corrected chi connectivity index (χ3v) is 8.95. The quantitative estimate of drug-likeness (QED) is 0.505. The summed E-state index contributed by atoms with van der Waals surface area (Å²) in [5, 5.41) is -0.161. The van der Waals surface area contributed by atoms with Crippen molar-refractivity contribution in [2.24, 2.45) is 0 Å². The number of fused-ring (bicyclic) bond motifs is 1. The largest absolute Gasteiger partial charge is 0.378 e. The summed E-state index contributed by atoms with van der Waals surface area (Å²) < 4.78 is 34.6. The topological polar surface area (TPSA) is 91.8 Å². The van der Waals surface area contributed by atoms with Crippen LogP contribution in [0.5, 0.6) is 0 Å². The lowest BCUT2D eigenvalue weighted by atomic mass is 9.98. The first kappa shape index (κ1) is 27.3. The molecule has 1 aromatic heterocycles. The second-order valence-corrected chi connectivity index (χ2v) is 12.1. The Labute approximate surface area is 231 Å². The summed E-state index contributed by atoms with van der Waals surface area (Å²) in [7, 11) is -4.17. The first-order valence-electron chi connectivity index (χ1n) is 13.5. The van der Waals surface area contributed by atoms with E-state index in [2.05, 4.69) is 53.6 Å². The molecule has 0 radical (unpaired) electrons. The van der Waals surface area contributed by atoms with Crippen LogP contribution in [-0.2, 0) is 38.9 Å². The van der Waals surface area contributed by atoms with E-state index in [9.17, 15) is 13.2 Å². The summed E-state index contributed by atoms with van der Waals surface area (Å²) in [6.07, 6.45) is 1.22. The Hall–Kier alpha value is -3.27. The lowest BCUT2D eigenvalue weighted by molar-refractivity contribution is -0.124. The number of anilines is 1. The molecule has 0 spiro atoms. The molecule has 1 atom stereocenters. The van der Waals surface area contributed by atoms with Gasteiger partial charge in [0, 0.05) is 26.2 Å². The van der Waals surface area contributed by atoms with E-state index in [1.165, 1.54) is 33.9 Å². The maximum Gasteiger partial charge on any atom is 0.281 e. The van der Waals surface area contributed by atoms with Crippen molar-refractivity contribution in [2.45, 2.75) is 51.2 Å². The van der Waals surface area contributed by atoms with Crippen molar-refractivity contribution in [1.29, 1.82) is 0 Å². The predicted molar refractivity (Wildman–Crippen MR) is 151 cm³/mol. The lowest BCUT2D eigenvalue weighted by Gasteiger charge is -2.30. The number of carbonyl (C=O) groups excluding carboxylic acids is 1. The highest BCUT2D eigenvalue weighted by Gasteiger charge is 2.33. The van der Waals surface area contributed by atoms with Crippen LogP contribution in [0.1, 0.15) is 33.4 Å². The smallest absolute Gasteiger partial charge is 0.281 e. The molecule has 0 aliphatic carbocycles. The zero-order valence-electron chi connectivity index (χ0n) is 22.8. The molecule has 2 aliphatic heterocycles. The van der Waals surface area contributed by atoms with E-state index >= 15 is 0 Å². The third-order valence-electron chi connectivity index (χ3n) is 7.70. The molecule has 206 valence electrons. The Kier molecular flexibility index (Phi) is 8.02. The zero-order valence-corrected chi connectivity index (χ0v) is 23.6. The maximum absolute atomic E-state index is 13.8. The Balaban J connectivity index is 1.42. The molecule has 0 saturated carbocycles. The highest BCUT2D eigenvalue weighted by Crippen LogP contribution is 2.25. The van der Waals surface area contributed by atoms with Crippen LogP contribution in [0.4, 0.5) is 5.82 Å². The Morgan fingerprint density at radius 3 is 2.38 bits per heavy atom. The number of nitrogens with zero attached hydrogens (tertiary/aromatic N) is 3. The minimum absolute atomic E-state index is 0.161. The average Bonchev–Trinajstić information content (AvgIpc) is 3.11. The van der Waals surface area contributed by atoms with Gasteiger partial charge in [0.1, 0.15) is 5.82 Å². The molecular weight excluding hydrogens is 512 g/mol. The van der Waals surface area contributed by atoms with Crippen LogP contribution >= 0.6 is 0 Å².